The number of carboxylic acid groups (broad SMARTS) is 1. The zero-order chi connectivity index (χ0) is 11.1. The summed E-state index contributed by atoms with van der Waals surface area (Å²) in [6, 6.07) is 0. The lowest BCUT2D eigenvalue weighted by atomic mass is 10.3. The van der Waals surface area contributed by atoms with Crippen molar-refractivity contribution in [2.45, 2.75) is 13.3 Å². The van der Waals surface area contributed by atoms with E-state index in [9.17, 15) is 4.79 Å². The highest BCUT2D eigenvalue weighted by Crippen LogP contribution is 1.92. The molecule has 0 amide bonds. The summed E-state index contributed by atoms with van der Waals surface area (Å²) < 4.78 is 4.80. The molecule has 6 nitrogen and oxygen atoms in total. The van der Waals surface area contributed by atoms with Gasteiger partial charge in [-0.3, -0.25) is 0 Å². The Morgan fingerprint density at radius 2 is 2.53 bits per heavy atom. The van der Waals surface area contributed by atoms with Crippen LogP contribution in [0.1, 0.15) is 12.8 Å². The second-order valence-electron chi connectivity index (χ2n) is 3.09. The van der Waals surface area contributed by atoms with Crippen LogP contribution >= 0.6 is 0 Å². The molecule has 0 saturated carbocycles. The van der Waals surface area contributed by atoms with E-state index in [0.717, 1.165) is 5.57 Å². The van der Waals surface area contributed by atoms with Gasteiger partial charge in [0.25, 0.3) is 0 Å². The van der Waals surface area contributed by atoms with Crippen molar-refractivity contribution >= 4 is 5.97 Å². The molecule has 1 aromatic rings. The highest BCUT2D eigenvalue weighted by Gasteiger charge is 1.98. The van der Waals surface area contributed by atoms with Crippen molar-refractivity contribution in [1.82, 2.24) is 15.5 Å². The second kappa shape index (κ2) is 5.92. The van der Waals surface area contributed by atoms with E-state index in [-0.39, 0.29) is 0 Å². The lowest BCUT2D eigenvalue weighted by Gasteiger charge is -2.01. The zero-order valence-corrected chi connectivity index (χ0v) is 8.43. The van der Waals surface area contributed by atoms with Gasteiger partial charge in [0.15, 0.2) is 6.33 Å². The Bertz CT molecular complexity index is 332. The molecule has 0 saturated heterocycles. The monoisotopic (exact) mass is 211 g/mol. The standard InChI is InChI=1S/C9H13N3O3/c1-7(4-9(13)14)5-10-3-2-8-11-6-12-15-8/h4,6,10H,2-3,5H2,1H3,(H,13,14). The largest absolute Gasteiger partial charge is 0.478 e. The fraction of sp³-hybridized carbons (Fsp3) is 0.444. The van der Waals surface area contributed by atoms with Crippen molar-refractivity contribution in [3.05, 3.63) is 23.9 Å². The molecule has 0 atom stereocenters. The minimum absolute atomic E-state index is 0.542. The smallest absolute Gasteiger partial charge is 0.328 e. The van der Waals surface area contributed by atoms with Crippen molar-refractivity contribution in [3.8, 4) is 0 Å². The summed E-state index contributed by atoms with van der Waals surface area (Å²) in [4.78, 5) is 14.1. The third-order valence-electron chi connectivity index (χ3n) is 1.70. The van der Waals surface area contributed by atoms with Crippen LogP contribution in [0, 0.1) is 0 Å². The van der Waals surface area contributed by atoms with Crippen LogP contribution in [0.3, 0.4) is 0 Å². The van der Waals surface area contributed by atoms with Crippen molar-refractivity contribution in [3.63, 3.8) is 0 Å². The van der Waals surface area contributed by atoms with Crippen molar-refractivity contribution in [2.24, 2.45) is 0 Å². The minimum Gasteiger partial charge on any atom is -0.478 e. The van der Waals surface area contributed by atoms with Gasteiger partial charge >= 0.3 is 5.97 Å². The summed E-state index contributed by atoms with van der Waals surface area (Å²) in [7, 11) is 0. The van der Waals surface area contributed by atoms with Crippen molar-refractivity contribution < 1.29 is 14.4 Å². The van der Waals surface area contributed by atoms with Gasteiger partial charge in [-0.15, -0.1) is 0 Å². The molecular formula is C9H13N3O3. The number of aromatic nitrogens is 2. The molecule has 15 heavy (non-hydrogen) atoms. The van der Waals surface area contributed by atoms with Gasteiger partial charge in [-0.25, -0.2) is 4.79 Å². The third kappa shape index (κ3) is 4.92. The summed E-state index contributed by atoms with van der Waals surface area (Å²) in [5.74, 6) is -0.353. The second-order valence-corrected chi connectivity index (χ2v) is 3.09. The average Bonchev–Trinajstić information content (AvgIpc) is 2.63. The first-order valence-corrected chi connectivity index (χ1v) is 4.55. The number of nitrogens with one attached hydrogen (secondary N) is 1. The summed E-state index contributed by atoms with van der Waals surface area (Å²) >= 11 is 0. The zero-order valence-electron chi connectivity index (χ0n) is 8.43. The van der Waals surface area contributed by atoms with Gasteiger partial charge in [-0.2, -0.15) is 4.98 Å². The SMILES string of the molecule is CC(=CC(=O)O)CNCCc1ncno1. The normalized spacial score (nSPS) is 11.7. The number of carboxylic acids is 1. The molecule has 0 aliphatic rings. The van der Waals surface area contributed by atoms with Crippen LogP contribution in [0.5, 0.6) is 0 Å². The third-order valence-corrected chi connectivity index (χ3v) is 1.70. The van der Waals surface area contributed by atoms with Gasteiger partial charge in [-0.05, 0) is 6.92 Å². The molecule has 2 N–H and O–H groups in total. The minimum atomic E-state index is -0.925. The van der Waals surface area contributed by atoms with E-state index in [4.69, 9.17) is 9.63 Å². The summed E-state index contributed by atoms with van der Waals surface area (Å²) in [6.07, 6.45) is 3.17. The highest BCUT2D eigenvalue weighted by atomic mass is 16.5. The molecule has 0 aliphatic heterocycles. The number of hydrogen-bond acceptors (Lipinski definition) is 5. The Balaban J connectivity index is 2.14. The maximum Gasteiger partial charge on any atom is 0.328 e. The Morgan fingerprint density at radius 3 is 3.13 bits per heavy atom. The van der Waals surface area contributed by atoms with Crippen LogP contribution in [-0.4, -0.2) is 34.3 Å². The molecule has 0 aromatic carbocycles. The number of nitrogens with zero attached hydrogens (tertiary/aromatic N) is 2. The lowest BCUT2D eigenvalue weighted by molar-refractivity contribution is -0.131. The van der Waals surface area contributed by atoms with Crippen LogP contribution in [0.2, 0.25) is 0 Å². The van der Waals surface area contributed by atoms with E-state index in [2.05, 4.69) is 15.5 Å². The van der Waals surface area contributed by atoms with Crippen molar-refractivity contribution in [2.75, 3.05) is 13.1 Å². The van der Waals surface area contributed by atoms with Gasteiger partial charge < -0.3 is 14.9 Å². The average molecular weight is 211 g/mol. The van der Waals surface area contributed by atoms with E-state index in [1.165, 1.54) is 12.4 Å². The van der Waals surface area contributed by atoms with Crippen LogP contribution < -0.4 is 5.32 Å². The molecule has 1 rings (SSSR count). The predicted octanol–water partition coefficient (Wildman–Crippen LogP) is 0.233. The van der Waals surface area contributed by atoms with Gasteiger partial charge in [-0.1, -0.05) is 10.7 Å². The Morgan fingerprint density at radius 1 is 1.73 bits per heavy atom. The quantitative estimate of drug-likeness (QED) is 0.517. The van der Waals surface area contributed by atoms with Crippen LogP contribution in [0.4, 0.5) is 0 Å². The molecule has 0 aliphatic carbocycles. The first-order chi connectivity index (χ1) is 7.18. The Labute approximate surface area is 87.0 Å². The molecule has 0 radical (unpaired) electrons. The topological polar surface area (TPSA) is 88.2 Å². The molecule has 0 unspecified atom stereocenters. The van der Waals surface area contributed by atoms with Gasteiger partial charge in [0.1, 0.15) is 0 Å². The van der Waals surface area contributed by atoms with Crippen LogP contribution in [0.15, 0.2) is 22.5 Å². The molecular weight excluding hydrogens is 198 g/mol. The lowest BCUT2D eigenvalue weighted by Crippen LogP contribution is -2.19. The molecule has 0 spiro atoms. The Hall–Kier alpha value is -1.69. The fourth-order valence-corrected chi connectivity index (χ4v) is 1.05. The first-order valence-electron chi connectivity index (χ1n) is 4.55. The molecule has 0 fully saturated rings. The van der Waals surface area contributed by atoms with E-state index < -0.39 is 5.97 Å². The maximum atomic E-state index is 10.3. The van der Waals surface area contributed by atoms with Gasteiger partial charge in [0.2, 0.25) is 5.89 Å². The summed E-state index contributed by atoms with van der Waals surface area (Å²) in [5, 5.41) is 15.0. The fourth-order valence-electron chi connectivity index (χ4n) is 1.05. The number of carbonyl (C=O) groups is 1. The van der Waals surface area contributed by atoms with Crippen molar-refractivity contribution in [1.29, 1.82) is 0 Å². The molecule has 6 heteroatoms. The molecule has 82 valence electrons. The number of hydrogen-bond donors (Lipinski definition) is 2. The molecule has 0 bridgehead atoms. The Kier molecular flexibility index (Phi) is 4.49. The van der Waals surface area contributed by atoms with E-state index >= 15 is 0 Å². The number of aliphatic carboxylic acids is 1. The van der Waals surface area contributed by atoms with Crippen LogP contribution in [0.25, 0.3) is 0 Å². The molecule has 1 heterocycles. The summed E-state index contributed by atoms with van der Waals surface area (Å²) in [6.45, 7) is 2.97. The number of rotatable bonds is 6. The summed E-state index contributed by atoms with van der Waals surface area (Å²) in [5.41, 5.74) is 0.771. The maximum absolute atomic E-state index is 10.3. The van der Waals surface area contributed by atoms with Gasteiger partial charge in [0, 0.05) is 25.6 Å². The van der Waals surface area contributed by atoms with E-state index in [0.29, 0.717) is 25.4 Å². The van der Waals surface area contributed by atoms with E-state index in [1.807, 2.05) is 0 Å². The predicted molar refractivity (Wildman–Crippen MR) is 52.3 cm³/mol. The first kappa shape index (κ1) is 11.4. The molecule has 1 aromatic heterocycles. The van der Waals surface area contributed by atoms with E-state index in [1.54, 1.807) is 6.92 Å². The van der Waals surface area contributed by atoms with Crippen LogP contribution in [-0.2, 0) is 11.2 Å². The van der Waals surface area contributed by atoms with Gasteiger partial charge in [0.05, 0.1) is 0 Å². The highest BCUT2D eigenvalue weighted by molar-refractivity contribution is 5.80.